The molecule has 0 saturated carbocycles. The van der Waals surface area contributed by atoms with Gasteiger partial charge in [-0.2, -0.15) is 0 Å². The molecule has 3 heteroatoms. The summed E-state index contributed by atoms with van der Waals surface area (Å²) in [5.74, 6) is 0.159. The van der Waals surface area contributed by atoms with Crippen LogP contribution in [0.25, 0.3) is 5.57 Å². The summed E-state index contributed by atoms with van der Waals surface area (Å²) in [6.45, 7) is 3.87. The summed E-state index contributed by atoms with van der Waals surface area (Å²) in [6.07, 6.45) is 5.70. The number of benzene rings is 1. The molecule has 0 saturated heterocycles. The number of hydrogen-bond donors (Lipinski definition) is 1. The Kier molecular flexibility index (Phi) is 4.65. The van der Waals surface area contributed by atoms with Gasteiger partial charge in [0.05, 0.1) is 5.69 Å². The maximum atomic E-state index is 12.0. The molecule has 0 fully saturated rings. The summed E-state index contributed by atoms with van der Waals surface area (Å²) in [5, 5.41) is 3.04. The largest absolute Gasteiger partial charge is 0.325 e. The van der Waals surface area contributed by atoms with Gasteiger partial charge in [-0.1, -0.05) is 31.2 Å². The quantitative estimate of drug-likeness (QED) is 0.813. The normalized spacial score (nSPS) is 16.1. The standard InChI is InChI=1S/C16H20ClNO/c1-11-6-5-9-14(13-7-3-4-8-13)15(11)18-16(19)12(2)10-17/h5-7,9,12H,3-4,8,10H2,1-2H3,(H,18,19). The fourth-order valence-electron chi connectivity index (χ4n) is 2.33. The van der Waals surface area contributed by atoms with Gasteiger partial charge in [0, 0.05) is 17.4 Å². The Bertz CT molecular complexity index is 507. The fraction of sp³-hybridized carbons (Fsp3) is 0.438. The van der Waals surface area contributed by atoms with Crippen LogP contribution in [0.3, 0.4) is 0 Å². The van der Waals surface area contributed by atoms with E-state index >= 15 is 0 Å². The zero-order valence-electron chi connectivity index (χ0n) is 11.5. The lowest BCUT2D eigenvalue weighted by Gasteiger charge is -2.16. The highest BCUT2D eigenvalue weighted by atomic mass is 35.5. The van der Waals surface area contributed by atoms with Gasteiger partial charge in [0.15, 0.2) is 0 Å². The van der Waals surface area contributed by atoms with Gasteiger partial charge in [-0.05, 0) is 37.3 Å². The number of hydrogen-bond acceptors (Lipinski definition) is 1. The second-order valence-electron chi connectivity index (χ2n) is 5.16. The average molecular weight is 278 g/mol. The van der Waals surface area contributed by atoms with Crippen molar-refractivity contribution in [3.8, 4) is 0 Å². The first-order valence-electron chi connectivity index (χ1n) is 6.79. The molecule has 0 spiro atoms. The molecular weight excluding hydrogens is 258 g/mol. The van der Waals surface area contributed by atoms with Crippen molar-refractivity contribution in [2.24, 2.45) is 5.92 Å². The number of alkyl halides is 1. The Labute approximate surface area is 119 Å². The maximum absolute atomic E-state index is 12.0. The Morgan fingerprint density at radius 3 is 2.89 bits per heavy atom. The van der Waals surface area contributed by atoms with Crippen LogP contribution in [0, 0.1) is 12.8 Å². The van der Waals surface area contributed by atoms with Crippen LogP contribution in [0.5, 0.6) is 0 Å². The minimum atomic E-state index is -0.174. The fourth-order valence-corrected chi connectivity index (χ4v) is 2.47. The highest BCUT2D eigenvalue weighted by Crippen LogP contribution is 2.34. The van der Waals surface area contributed by atoms with Gasteiger partial charge in [0.25, 0.3) is 0 Å². The third-order valence-electron chi connectivity index (χ3n) is 3.59. The van der Waals surface area contributed by atoms with Crippen molar-refractivity contribution in [3.05, 3.63) is 35.4 Å². The summed E-state index contributed by atoms with van der Waals surface area (Å²) in [5.41, 5.74) is 4.54. The zero-order chi connectivity index (χ0) is 13.8. The number of aryl methyl sites for hydroxylation is 1. The molecule has 2 rings (SSSR count). The molecule has 1 unspecified atom stereocenters. The van der Waals surface area contributed by atoms with Crippen LogP contribution < -0.4 is 5.32 Å². The van der Waals surface area contributed by atoms with E-state index in [1.807, 2.05) is 26.0 Å². The molecule has 1 aromatic carbocycles. The van der Waals surface area contributed by atoms with E-state index in [0.717, 1.165) is 29.7 Å². The van der Waals surface area contributed by atoms with Crippen molar-refractivity contribution in [1.82, 2.24) is 0 Å². The number of carbonyl (C=O) groups excluding carboxylic acids is 1. The number of para-hydroxylation sites is 1. The lowest BCUT2D eigenvalue weighted by molar-refractivity contribution is -0.118. The molecule has 0 bridgehead atoms. The molecular formula is C16H20ClNO. The molecule has 19 heavy (non-hydrogen) atoms. The van der Waals surface area contributed by atoms with Crippen molar-refractivity contribution in [2.75, 3.05) is 11.2 Å². The van der Waals surface area contributed by atoms with Crippen LogP contribution in [0.2, 0.25) is 0 Å². The first kappa shape index (κ1) is 14.1. The number of halogens is 1. The summed E-state index contributed by atoms with van der Waals surface area (Å²) in [6, 6.07) is 6.16. The van der Waals surface area contributed by atoms with Gasteiger partial charge in [-0.3, -0.25) is 4.79 Å². The van der Waals surface area contributed by atoms with Crippen LogP contribution in [0.1, 0.15) is 37.3 Å². The van der Waals surface area contributed by atoms with E-state index in [9.17, 15) is 4.79 Å². The summed E-state index contributed by atoms with van der Waals surface area (Å²) in [4.78, 5) is 12.0. The van der Waals surface area contributed by atoms with Crippen molar-refractivity contribution >= 4 is 28.8 Å². The molecule has 0 aromatic heterocycles. The van der Waals surface area contributed by atoms with Crippen molar-refractivity contribution in [3.63, 3.8) is 0 Å². The number of carbonyl (C=O) groups is 1. The van der Waals surface area contributed by atoms with Crippen molar-refractivity contribution in [2.45, 2.75) is 33.1 Å². The first-order valence-corrected chi connectivity index (χ1v) is 7.32. The number of amides is 1. The van der Waals surface area contributed by atoms with Gasteiger partial charge in [-0.25, -0.2) is 0 Å². The molecule has 0 aliphatic heterocycles. The van der Waals surface area contributed by atoms with Gasteiger partial charge >= 0.3 is 0 Å². The van der Waals surface area contributed by atoms with Gasteiger partial charge in [-0.15, -0.1) is 11.6 Å². The van der Waals surface area contributed by atoms with E-state index in [0.29, 0.717) is 5.88 Å². The predicted molar refractivity (Wildman–Crippen MR) is 81.5 cm³/mol. The van der Waals surface area contributed by atoms with E-state index in [1.165, 1.54) is 12.0 Å². The molecule has 1 aliphatic rings. The molecule has 102 valence electrons. The Balaban J connectivity index is 2.30. The Hall–Kier alpha value is -1.28. The van der Waals surface area contributed by atoms with E-state index in [-0.39, 0.29) is 11.8 Å². The summed E-state index contributed by atoms with van der Waals surface area (Å²) < 4.78 is 0. The van der Waals surface area contributed by atoms with Crippen LogP contribution in [-0.4, -0.2) is 11.8 Å². The highest BCUT2D eigenvalue weighted by molar-refractivity contribution is 6.19. The number of anilines is 1. The summed E-state index contributed by atoms with van der Waals surface area (Å²) in [7, 11) is 0. The first-order chi connectivity index (χ1) is 9.13. The third kappa shape index (κ3) is 3.19. The Morgan fingerprint density at radius 2 is 2.26 bits per heavy atom. The monoisotopic (exact) mass is 277 g/mol. The lowest BCUT2D eigenvalue weighted by atomic mass is 9.99. The second-order valence-corrected chi connectivity index (χ2v) is 5.47. The topological polar surface area (TPSA) is 29.1 Å². The average Bonchev–Trinajstić information content (AvgIpc) is 2.93. The van der Waals surface area contributed by atoms with E-state index < -0.39 is 0 Å². The molecule has 1 aromatic rings. The highest BCUT2D eigenvalue weighted by Gasteiger charge is 2.17. The van der Waals surface area contributed by atoms with E-state index in [4.69, 9.17) is 11.6 Å². The van der Waals surface area contributed by atoms with Crippen LogP contribution >= 0.6 is 11.6 Å². The lowest BCUT2D eigenvalue weighted by Crippen LogP contribution is -2.22. The smallest absolute Gasteiger partial charge is 0.228 e. The molecule has 1 atom stereocenters. The number of allylic oxidation sites excluding steroid dienone is 2. The number of nitrogens with one attached hydrogen (secondary N) is 1. The van der Waals surface area contributed by atoms with Gasteiger partial charge < -0.3 is 5.32 Å². The molecule has 1 amide bonds. The molecule has 2 nitrogen and oxygen atoms in total. The van der Waals surface area contributed by atoms with Crippen molar-refractivity contribution in [1.29, 1.82) is 0 Å². The van der Waals surface area contributed by atoms with Crippen LogP contribution in [-0.2, 0) is 4.79 Å². The Morgan fingerprint density at radius 1 is 1.47 bits per heavy atom. The maximum Gasteiger partial charge on any atom is 0.228 e. The van der Waals surface area contributed by atoms with Crippen LogP contribution in [0.15, 0.2) is 24.3 Å². The zero-order valence-corrected chi connectivity index (χ0v) is 12.3. The molecule has 0 heterocycles. The van der Waals surface area contributed by atoms with Crippen LogP contribution in [0.4, 0.5) is 5.69 Å². The van der Waals surface area contributed by atoms with Gasteiger partial charge in [0.2, 0.25) is 5.91 Å². The second kappa shape index (κ2) is 6.25. The minimum absolute atomic E-state index is 0.0100. The predicted octanol–water partition coefficient (Wildman–Crippen LogP) is 4.38. The van der Waals surface area contributed by atoms with Gasteiger partial charge in [0.1, 0.15) is 0 Å². The molecule has 1 aliphatic carbocycles. The third-order valence-corrected chi connectivity index (χ3v) is 4.05. The molecule has 1 N–H and O–H groups in total. The van der Waals surface area contributed by atoms with Crippen molar-refractivity contribution < 1.29 is 4.79 Å². The van der Waals surface area contributed by atoms with E-state index in [2.05, 4.69) is 17.5 Å². The number of rotatable bonds is 4. The SMILES string of the molecule is Cc1cccc(C2=CCCC2)c1NC(=O)C(C)CCl. The van der Waals surface area contributed by atoms with E-state index in [1.54, 1.807) is 0 Å². The minimum Gasteiger partial charge on any atom is -0.325 e. The molecule has 0 radical (unpaired) electrons. The summed E-state index contributed by atoms with van der Waals surface area (Å²) >= 11 is 5.75.